The maximum Gasteiger partial charge on any atom is 0.119 e. The summed E-state index contributed by atoms with van der Waals surface area (Å²) >= 11 is 4.09. The molecular formula is C12H13NOS. The Bertz CT molecular complexity index is 351. The Morgan fingerprint density at radius 3 is 2.67 bits per heavy atom. The second kappa shape index (κ2) is 6.97. The SMILES string of the molecule is N#CCCOc1ccc(C=CCS)cc1. The lowest BCUT2D eigenvalue weighted by Crippen LogP contribution is -1.95. The van der Waals surface area contributed by atoms with Crippen molar-refractivity contribution in [2.45, 2.75) is 6.42 Å². The van der Waals surface area contributed by atoms with Gasteiger partial charge in [-0.15, -0.1) is 0 Å². The first kappa shape index (κ1) is 11.7. The van der Waals surface area contributed by atoms with Gasteiger partial charge < -0.3 is 4.74 Å². The monoisotopic (exact) mass is 219 g/mol. The fourth-order valence-corrected chi connectivity index (χ4v) is 1.18. The molecule has 3 heteroatoms. The van der Waals surface area contributed by atoms with Crippen LogP contribution in [0.3, 0.4) is 0 Å². The summed E-state index contributed by atoms with van der Waals surface area (Å²) in [5.41, 5.74) is 1.12. The molecule has 15 heavy (non-hydrogen) atoms. The van der Waals surface area contributed by atoms with Crippen molar-refractivity contribution in [3.05, 3.63) is 35.9 Å². The number of nitriles is 1. The van der Waals surface area contributed by atoms with E-state index in [1.807, 2.05) is 42.5 Å². The summed E-state index contributed by atoms with van der Waals surface area (Å²) < 4.78 is 5.34. The van der Waals surface area contributed by atoms with E-state index in [1.54, 1.807) is 0 Å². The van der Waals surface area contributed by atoms with Crippen LogP contribution in [0.5, 0.6) is 5.75 Å². The van der Waals surface area contributed by atoms with Gasteiger partial charge in [0.1, 0.15) is 12.4 Å². The minimum atomic E-state index is 0.418. The van der Waals surface area contributed by atoms with Gasteiger partial charge in [-0.1, -0.05) is 24.3 Å². The highest BCUT2D eigenvalue weighted by atomic mass is 32.1. The van der Waals surface area contributed by atoms with E-state index in [-0.39, 0.29) is 0 Å². The van der Waals surface area contributed by atoms with E-state index in [1.165, 1.54) is 0 Å². The Balaban J connectivity index is 2.49. The van der Waals surface area contributed by atoms with Gasteiger partial charge in [-0.05, 0) is 17.7 Å². The average Bonchev–Trinajstić information content (AvgIpc) is 2.28. The summed E-state index contributed by atoms with van der Waals surface area (Å²) in [6.45, 7) is 0.447. The summed E-state index contributed by atoms with van der Waals surface area (Å²) in [7, 11) is 0. The second-order valence-electron chi connectivity index (χ2n) is 2.91. The van der Waals surface area contributed by atoms with Gasteiger partial charge in [0.25, 0.3) is 0 Å². The van der Waals surface area contributed by atoms with Crippen molar-refractivity contribution in [2.24, 2.45) is 0 Å². The van der Waals surface area contributed by atoms with E-state index in [2.05, 4.69) is 12.6 Å². The fourth-order valence-electron chi connectivity index (χ4n) is 1.08. The lowest BCUT2D eigenvalue weighted by molar-refractivity contribution is 0.326. The molecule has 1 aromatic rings. The van der Waals surface area contributed by atoms with E-state index in [9.17, 15) is 0 Å². The normalized spacial score (nSPS) is 10.1. The molecule has 1 aromatic carbocycles. The van der Waals surface area contributed by atoms with Crippen LogP contribution in [0.4, 0.5) is 0 Å². The third-order valence-corrected chi connectivity index (χ3v) is 1.99. The van der Waals surface area contributed by atoms with Crippen LogP contribution >= 0.6 is 12.6 Å². The number of rotatable bonds is 5. The molecule has 1 rings (SSSR count). The minimum Gasteiger partial charge on any atom is -0.493 e. The van der Waals surface area contributed by atoms with Crippen LogP contribution in [0.1, 0.15) is 12.0 Å². The van der Waals surface area contributed by atoms with Crippen LogP contribution < -0.4 is 4.74 Å². The lowest BCUT2D eigenvalue weighted by Gasteiger charge is -2.03. The van der Waals surface area contributed by atoms with E-state index in [4.69, 9.17) is 10.00 Å². The zero-order valence-electron chi connectivity index (χ0n) is 8.39. The molecule has 0 N–H and O–H groups in total. The first-order valence-corrected chi connectivity index (χ1v) is 5.37. The summed E-state index contributed by atoms with van der Waals surface area (Å²) in [5.74, 6) is 1.54. The van der Waals surface area contributed by atoms with Gasteiger partial charge in [-0.2, -0.15) is 17.9 Å². The molecule has 78 valence electrons. The van der Waals surface area contributed by atoms with Crippen LogP contribution in [0.15, 0.2) is 30.3 Å². The molecule has 0 aliphatic heterocycles. The number of hydrogen-bond donors (Lipinski definition) is 1. The quantitative estimate of drug-likeness (QED) is 0.610. The molecule has 0 heterocycles. The molecule has 0 unspecified atom stereocenters. The second-order valence-corrected chi connectivity index (χ2v) is 3.28. The van der Waals surface area contributed by atoms with Crippen molar-refractivity contribution >= 4 is 18.7 Å². The van der Waals surface area contributed by atoms with Crippen molar-refractivity contribution in [3.8, 4) is 11.8 Å². The number of benzene rings is 1. The van der Waals surface area contributed by atoms with Crippen LogP contribution in [-0.2, 0) is 0 Å². The molecule has 0 saturated heterocycles. The standard InChI is InChI=1S/C12H13NOS/c13-8-2-9-14-12-6-4-11(5-7-12)3-1-10-15/h1,3-7,15H,2,9-10H2. The minimum absolute atomic E-state index is 0.418. The van der Waals surface area contributed by atoms with Gasteiger partial charge in [-0.3, -0.25) is 0 Å². The number of ether oxygens (including phenoxy) is 1. The third-order valence-electron chi connectivity index (χ3n) is 1.78. The molecule has 0 amide bonds. The highest BCUT2D eigenvalue weighted by molar-refractivity contribution is 7.80. The molecule has 0 radical (unpaired) electrons. The Labute approximate surface area is 95.6 Å². The van der Waals surface area contributed by atoms with Gasteiger partial charge in [-0.25, -0.2) is 0 Å². The fraction of sp³-hybridized carbons (Fsp3) is 0.250. The van der Waals surface area contributed by atoms with Gasteiger partial charge in [0, 0.05) is 5.75 Å². The molecular weight excluding hydrogens is 206 g/mol. The summed E-state index contributed by atoms with van der Waals surface area (Å²) in [4.78, 5) is 0. The first-order chi connectivity index (χ1) is 7.36. The molecule has 0 atom stereocenters. The van der Waals surface area contributed by atoms with E-state index < -0.39 is 0 Å². The van der Waals surface area contributed by atoms with Crippen LogP contribution in [-0.4, -0.2) is 12.4 Å². The Morgan fingerprint density at radius 1 is 1.33 bits per heavy atom. The van der Waals surface area contributed by atoms with Gasteiger partial charge in [0.2, 0.25) is 0 Å². The molecule has 0 bridgehead atoms. The Hall–Kier alpha value is -1.40. The maximum absolute atomic E-state index is 8.34. The number of hydrogen-bond acceptors (Lipinski definition) is 3. The van der Waals surface area contributed by atoms with Crippen molar-refractivity contribution in [1.29, 1.82) is 5.26 Å². The smallest absolute Gasteiger partial charge is 0.119 e. The van der Waals surface area contributed by atoms with Gasteiger partial charge >= 0.3 is 0 Å². The molecule has 0 fully saturated rings. The summed E-state index contributed by atoms with van der Waals surface area (Å²) in [6.07, 6.45) is 4.40. The number of nitrogens with zero attached hydrogens (tertiary/aromatic N) is 1. The molecule has 0 saturated carbocycles. The van der Waals surface area contributed by atoms with Gasteiger partial charge in [0.05, 0.1) is 12.5 Å². The molecule has 0 spiro atoms. The van der Waals surface area contributed by atoms with Crippen molar-refractivity contribution in [1.82, 2.24) is 0 Å². The first-order valence-electron chi connectivity index (χ1n) is 4.74. The van der Waals surface area contributed by atoms with Crippen molar-refractivity contribution in [3.63, 3.8) is 0 Å². The zero-order valence-corrected chi connectivity index (χ0v) is 9.28. The highest BCUT2D eigenvalue weighted by Crippen LogP contribution is 2.13. The van der Waals surface area contributed by atoms with E-state index in [0.29, 0.717) is 13.0 Å². The number of thiol groups is 1. The Kier molecular flexibility index (Phi) is 5.42. The predicted octanol–water partition coefficient (Wildman–Crippen LogP) is 2.92. The van der Waals surface area contributed by atoms with Gasteiger partial charge in [0.15, 0.2) is 0 Å². The zero-order chi connectivity index (χ0) is 10.9. The topological polar surface area (TPSA) is 33.0 Å². The van der Waals surface area contributed by atoms with Crippen LogP contribution in [0.25, 0.3) is 6.08 Å². The van der Waals surface area contributed by atoms with Crippen LogP contribution in [0, 0.1) is 11.3 Å². The molecule has 0 aromatic heterocycles. The lowest BCUT2D eigenvalue weighted by atomic mass is 10.2. The Morgan fingerprint density at radius 2 is 2.07 bits per heavy atom. The van der Waals surface area contributed by atoms with Crippen molar-refractivity contribution in [2.75, 3.05) is 12.4 Å². The average molecular weight is 219 g/mol. The molecule has 2 nitrogen and oxygen atoms in total. The predicted molar refractivity (Wildman–Crippen MR) is 65.1 cm³/mol. The summed E-state index contributed by atoms with van der Waals surface area (Å²) in [6, 6.07) is 9.78. The highest BCUT2D eigenvalue weighted by Gasteiger charge is 1.92. The summed E-state index contributed by atoms with van der Waals surface area (Å²) in [5, 5.41) is 8.34. The molecule has 0 aliphatic carbocycles. The van der Waals surface area contributed by atoms with E-state index >= 15 is 0 Å². The largest absolute Gasteiger partial charge is 0.493 e. The van der Waals surface area contributed by atoms with Crippen molar-refractivity contribution < 1.29 is 4.74 Å². The van der Waals surface area contributed by atoms with E-state index in [0.717, 1.165) is 17.1 Å². The maximum atomic E-state index is 8.34. The molecule has 0 aliphatic rings. The third kappa shape index (κ3) is 4.57. The van der Waals surface area contributed by atoms with Crippen LogP contribution in [0.2, 0.25) is 0 Å².